The summed E-state index contributed by atoms with van der Waals surface area (Å²) in [5, 5.41) is 0. The molecule has 0 unspecified atom stereocenters. The maximum atomic E-state index is 10.7. The minimum atomic E-state index is 0.277. The molecule has 3 heteroatoms. The number of nitrogen functional groups attached to an aromatic ring is 1. The number of hydrogen-bond acceptors (Lipinski definition) is 3. The quantitative estimate of drug-likeness (QED) is 0.778. The molecule has 0 bridgehead atoms. The van der Waals surface area contributed by atoms with Gasteiger partial charge in [-0.1, -0.05) is 30.3 Å². The van der Waals surface area contributed by atoms with Crippen molar-refractivity contribution in [3.05, 3.63) is 47.5 Å². The number of rotatable bonds is 2. The summed E-state index contributed by atoms with van der Waals surface area (Å²) in [5.74, 6) is 0.277. The number of carbonyl (C=O) groups excluding carboxylic acids is 1. The fraction of sp³-hybridized carbons (Fsp3) is 0.0769. The van der Waals surface area contributed by atoms with Gasteiger partial charge in [0.25, 0.3) is 0 Å². The van der Waals surface area contributed by atoms with Gasteiger partial charge in [0.05, 0.1) is 11.3 Å². The first kappa shape index (κ1) is 10.4. The number of benzene rings is 1. The lowest BCUT2D eigenvalue weighted by Crippen LogP contribution is -2.00. The summed E-state index contributed by atoms with van der Waals surface area (Å²) in [6.45, 7) is 1.92. The molecular formula is C13H12N2O. The van der Waals surface area contributed by atoms with E-state index in [0.29, 0.717) is 5.56 Å². The van der Waals surface area contributed by atoms with Crippen LogP contribution in [0.1, 0.15) is 15.9 Å². The molecule has 0 atom stereocenters. The number of aryl methyl sites for hydroxylation is 1. The number of anilines is 1. The SMILES string of the molecule is Cc1cc(C=O)c(N)nc1-c1ccccc1. The van der Waals surface area contributed by atoms with E-state index in [0.717, 1.165) is 23.1 Å². The van der Waals surface area contributed by atoms with Gasteiger partial charge in [0, 0.05) is 5.56 Å². The van der Waals surface area contributed by atoms with Gasteiger partial charge >= 0.3 is 0 Å². The van der Waals surface area contributed by atoms with Crippen molar-refractivity contribution in [1.82, 2.24) is 4.98 Å². The van der Waals surface area contributed by atoms with Crippen LogP contribution in [0.3, 0.4) is 0 Å². The fourth-order valence-corrected chi connectivity index (χ4v) is 1.63. The molecule has 0 radical (unpaired) electrons. The maximum absolute atomic E-state index is 10.7. The standard InChI is InChI=1S/C13H12N2O/c1-9-7-11(8-16)13(14)15-12(9)10-5-3-2-4-6-10/h2-8H,1H3,(H2,14,15). The molecule has 0 saturated heterocycles. The lowest BCUT2D eigenvalue weighted by molar-refractivity contribution is 0.112. The van der Waals surface area contributed by atoms with Crippen LogP contribution in [0.25, 0.3) is 11.3 Å². The molecule has 80 valence electrons. The van der Waals surface area contributed by atoms with E-state index in [2.05, 4.69) is 4.98 Å². The molecule has 1 aromatic heterocycles. The van der Waals surface area contributed by atoms with Crippen LogP contribution < -0.4 is 5.73 Å². The van der Waals surface area contributed by atoms with Crippen molar-refractivity contribution in [2.75, 3.05) is 5.73 Å². The van der Waals surface area contributed by atoms with Crippen molar-refractivity contribution < 1.29 is 4.79 Å². The van der Waals surface area contributed by atoms with Crippen molar-refractivity contribution in [2.24, 2.45) is 0 Å². The van der Waals surface area contributed by atoms with E-state index in [1.165, 1.54) is 0 Å². The summed E-state index contributed by atoms with van der Waals surface area (Å²) >= 11 is 0. The number of pyridine rings is 1. The van der Waals surface area contributed by atoms with Gasteiger partial charge in [-0.3, -0.25) is 4.79 Å². The van der Waals surface area contributed by atoms with Crippen LogP contribution in [-0.2, 0) is 0 Å². The van der Waals surface area contributed by atoms with Gasteiger partial charge in [-0.05, 0) is 18.6 Å². The number of nitrogens with zero attached hydrogens (tertiary/aromatic N) is 1. The lowest BCUT2D eigenvalue weighted by Gasteiger charge is -2.07. The first-order valence-electron chi connectivity index (χ1n) is 5.00. The van der Waals surface area contributed by atoms with Crippen molar-refractivity contribution in [3.8, 4) is 11.3 Å². The Labute approximate surface area is 93.9 Å². The Morgan fingerprint density at radius 3 is 2.56 bits per heavy atom. The first-order valence-corrected chi connectivity index (χ1v) is 5.00. The second kappa shape index (κ2) is 4.14. The van der Waals surface area contributed by atoms with Crippen molar-refractivity contribution in [2.45, 2.75) is 6.92 Å². The molecule has 0 aliphatic rings. The lowest BCUT2D eigenvalue weighted by atomic mass is 10.1. The summed E-state index contributed by atoms with van der Waals surface area (Å²) in [7, 11) is 0. The van der Waals surface area contributed by atoms with Gasteiger partial charge < -0.3 is 5.73 Å². The van der Waals surface area contributed by atoms with Gasteiger partial charge in [0.2, 0.25) is 0 Å². The Morgan fingerprint density at radius 2 is 1.94 bits per heavy atom. The van der Waals surface area contributed by atoms with E-state index in [4.69, 9.17) is 5.73 Å². The second-order valence-corrected chi connectivity index (χ2v) is 3.61. The normalized spacial score (nSPS) is 10.1. The third-order valence-electron chi connectivity index (χ3n) is 2.45. The molecule has 0 fully saturated rings. The highest BCUT2D eigenvalue weighted by atomic mass is 16.1. The number of aromatic nitrogens is 1. The molecule has 2 aromatic rings. The minimum absolute atomic E-state index is 0.277. The molecule has 3 nitrogen and oxygen atoms in total. The molecule has 2 N–H and O–H groups in total. The largest absolute Gasteiger partial charge is 0.383 e. The Morgan fingerprint density at radius 1 is 1.25 bits per heavy atom. The predicted molar refractivity (Wildman–Crippen MR) is 64.2 cm³/mol. The Balaban J connectivity index is 2.59. The summed E-state index contributed by atoms with van der Waals surface area (Å²) < 4.78 is 0. The van der Waals surface area contributed by atoms with Gasteiger partial charge in [0.1, 0.15) is 5.82 Å². The number of hydrogen-bond donors (Lipinski definition) is 1. The van der Waals surface area contributed by atoms with E-state index in [1.54, 1.807) is 6.07 Å². The van der Waals surface area contributed by atoms with Crippen LogP contribution in [0.2, 0.25) is 0 Å². The van der Waals surface area contributed by atoms with Crippen molar-refractivity contribution in [3.63, 3.8) is 0 Å². The summed E-state index contributed by atoms with van der Waals surface area (Å²) in [5.41, 5.74) is 8.91. The molecule has 0 saturated carbocycles. The fourth-order valence-electron chi connectivity index (χ4n) is 1.63. The summed E-state index contributed by atoms with van der Waals surface area (Å²) in [6, 6.07) is 11.5. The number of nitrogens with two attached hydrogens (primary N) is 1. The topological polar surface area (TPSA) is 56.0 Å². The van der Waals surface area contributed by atoms with Gasteiger partial charge in [-0.25, -0.2) is 4.98 Å². The monoisotopic (exact) mass is 212 g/mol. The van der Waals surface area contributed by atoms with E-state index in [-0.39, 0.29) is 5.82 Å². The third-order valence-corrected chi connectivity index (χ3v) is 2.45. The van der Waals surface area contributed by atoms with E-state index in [1.807, 2.05) is 37.3 Å². The van der Waals surface area contributed by atoms with E-state index >= 15 is 0 Å². The van der Waals surface area contributed by atoms with Crippen LogP contribution >= 0.6 is 0 Å². The molecule has 0 amide bonds. The Bertz CT molecular complexity index is 521. The van der Waals surface area contributed by atoms with Crippen LogP contribution in [0.5, 0.6) is 0 Å². The molecule has 0 aliphatic carbocycles. The smallest absolute Gasteiger partial charge is 0.153 e. The molecule has 2 rings (SSSR count). The highest BCUT2D eigenvalue weighted by Gasteiger charge is 2.07. The Kier molecular flexibility index (Phi) is 2.68. The Hall–Kier alpha value is -2.16. The zero-order valence-corrected chi connectivity index (χ0v) is 8.97. The summed E-state index contributed by atoms with van der Waals surface area (Å²) in [6.07, 6.45) is 0.726. The second-order valence-electron chi connectivity index (χ2n) is 3.61. The van der Waals surface area contributed by atoms with Crippen LogP contribution in [0.15, 0.2) is 36.4 Å². The molecule has 0 aliphatic heterocycles. The average Bonchev–Trinajstić information content (AvgIpc) is 2.32. The van der Waals surface area contributed by atoms with Crippen molar-refractivity contribution in [1.29, 1.82) is 0 Å². The minimum Gasteiger partial charge on any atom is -0.383 e. The van der Waals surface area contributed by atoms with Crippen LogP contribution in [0, 0.1) is 6.92 Å². The molecule has 16 heavy (non-hydrogen) atoms. The van der Waals surface area contributed by atoms with Gasteiger partial charge in [-0.15, -0.1) is 0 Å². The third kappa shape index (κ3) is 1.80. The van der Waals surface area contributed by atoms with Gasteiger partial charge in [0.15, 0.2) is 6.29 Å². The van der Waals surface area contributed by atoms with Crippen molar-refractivity contribution >= 4 is 12.1 Å². The molecule has 1 aromatic carbocycles. The zero-order chi connectivity index (χ0) is 11.5. The molecule has 0 spiro atoms. The van der Waals surface area contributed by atoms with Crippen LogP contribution in [0.4, 0.5) is 5.82 Å². The maximum Gasteiger partial charge on any atom is 0.153 e. The average molecular weight is 212 g/mol. The predicted octanol–water partition coefficient (Wildman–Crippen LogP) is 2.45. The van der Waals surface area contributed by atoms with E-state index in [9.17, 15) is 4.79 Å². The number of aldehydes is 1. The highest BCUT2D eigenvalue weighted by Crippen LogP contribution is 2.23. The molecular weight excluding hydrogens is 200 g/mol. The van der Waals surface area contributed by atoms with Gasteiger partial charge in [-0.2, -0.15) is 0 Å². The molecule has 1 heterocycles. The van der Waals surface area contributed by atoms with E-state index < -0.39 is 0 Å². The first-order chi connectivity index (χ1) is 7.72. The number of carbonyl (C=O) groups is 1. The zero-order valence-electron chi connectivity index (χ0n) is 8.97. The summed E-state index contributed by atoms with van der Waals surface area (Å²) in [4.78, 5) is 15.0. The highest BCUT2D eigenvalue weighted by molar-refractivity contribution is 5.83. The van der Waals surface area contributed by atoms with Crippen LogP contribution in [-0.4, -0.2) is 11.3 Å².